The van der Waals surface area contributed by atoms with Crippen molar-refractivity contribution in [3.05, 3.63) is 106 Å². The molecule has 28 heavy (non-hydrogen) atoms. The number of hydrogen-bond donors (Lipinski definition) is 0. The Kier molecular flexibility index (Phi) is 6.17. The number of rotatable bonds is 5. The van der Waals surface area contributed by atoms with Crippen LogP contribution in [-0.4, -0.2) is 0 Å². The third-order valence-electron chi connectivity index (χ3n) is 6.43. The molecule has 0 nitrogen and oxygen atoms in total. The molecule has 0 N–H and O–H groups in total. The fraction of sp³-hybridized carbons (Fsp3) is 0.333. The van der Waals surface area contributed by atoms with E-state index in [-0.39, 0.29) is 0 Å². The van der Waals surface area contributed by atoms with Gasteiger partial charge in [-0.05, 0) is 84.2 Å². The molecule has 0 bridgehead atoms. The van der Waals surface area contributed by atoms with Crippen molar-refractivity contribution in [2.45, 2.75) is 56.8 Å². The number of benzene rings is 3. The standard InChI is InChI=1S/C27H29Cl/c1-20(22-5-3-2-4-6-22)19-21-7-9-23(10-8-21)24-11-13-25(14-12-24)26-15-17-27(28)18-16-26/h2-10,15-18,20,24-25H,11-14,19H2,1H3/t20-,24?,25?/m1/s1. The predicted molar refractivity (Wildman–Crippen MR) is 120 cm³/mol. The van der Waals surface area contributed by atoms with Gasteiger partial charge >= 0.3 is 0 Å². The lowest BCUT2D eigenvalue weighted by Crippen LogP contribution is -2.12. The van der Waals surface area contributed by atoms with Gasteiger partial charge in [-0.15, -0.1) is 0 Å². The average molecular weight is 389 g/mol. The van der Waals surface area contributed by atoms with E-state index in [2.05, 4.69) is 73.7 Å². The van der Waals surface area contributed by atoms with Crippen molar-refractivity contribution < 1.29 is 0 Å². The Morgan fingerprint density at radius 3 is 1.75 bits per heavy atom. The van der Waals surface area contributed by atoms with Crippen molar-refractivity contribution >= 4 is 11.6 Å². The van der Waals surface area contributed by atoms with Gasteiger partial charge in [-0.2, -0.15) is 0 Å². The Balaban J connectivity index is 1.34. The molecular formula is C27H29Cl. The van der Waals surface area contributed by atoms with E-state index in [0.29, 0.717) is 17.8 Å². The maximum Gasteiger partial charge on any atom is 0.0406 e. The smallest absolute Gasteiger partial charge is 0.0406 e. The maximum absolute atomic E-state index is 6.03. The first-order chi connectivity index (χ1) is 13.7. The maximum atomic E-state index is 6.03. The molecule has 144 valence electrons. The second kappa shape index (κ2) is 8.97. The van der Waals surface area contributed by atoms with Gasteiger partial charge in [-0.1, -0.05) is 85.3 Å². The Morgan fingerprint density at radius 2 is 1.21 bits per heavy atom. The molecule has 1 saturated carbocycles. The highest BCUT2D eigenvalue weighted by atomic mass is 35.5. The summed E-state index contributed by atoms with van der Waals surface area (Å²) in [6.07, 6.45) is 6.23. The predicted octanol–water partition coefficient (Wildman–Crippen LogP) is 8.13. The molecule has 0 radical (unpaired) electrons. The van der Waals surface area contributed by atoms with E-state index in [4.69, 9.17) is 11.6 Å². The molecule has 0 spiro atoms. The van der Waals surface area contributed by atoms with Crippen molar-refractivity contribution in [1.29, 1.82) is 0 Å². The summed E-state index contributed by atoms with van der Waals surface area (Å²) in [5.41, 5.74) is 5.83. The van der Waals surface area contributed by atoms with Gasteiger partial charge in [0.2, 0.25) is 0 Å². The summed E-state index contributed by atoms with van der Waals surface area (Å²) >= 11 is 6.03. The van der Waals surface area contributed by atoms with Crippen molar-refractivity contribution in [2.75, 3.05) is 0 Å². The Labute approximate surface area is 174 Å². The van der Waals surface area contributed by atoms with Crippen molar-refractivity contribution in [3.8, 4) is 0 Å². The lowest BCUT2D eigenvalue weighted by molar-refractivity contribution is 0.396. The minimum atomic E-state index is 0.557. The highest BCUT2D eigenvalue weighted by Gasteiger charge is 2.23. The first-order valence-corrected chi connectivity index (χ1v) is 11.0. The average Bonchev–Trinajstić information content (AvgIpc) is 2.76. The third kappa shape index (κ3) is 4.67. The van der Waals surface area contributed by atoms with Crippen molar-refractivity contribution in [2.24, 2.45) is 0 Å². The first kappa shape index (κ1) is 19.3. The Morgan fingerprint density at radius 1 is 0.714 bits per heavy atom. The molecule has 1 heteroatoms. The molecule has 0 amide bonds. The molecule has 1 atom stereocenters. The zero-order chi connectivity index (χ0) is 19.3. The summed E-state index contributed by atoms with van der Waals surface area (Å²) in [5.74, 6) is 1.96. The van der Waals surface area contributed by atoms with Crippen LogP contribution in [0.3, 0.4) is 0 Å². The van der Waals surface area contributed by atoms with E-state index in [1.807, 2.05) is 12.1 Å². The minimum Gasteiger partial charge on any atom is -0.0843 e. The van der Waals surface area contributed by atoms with Crippen LogP contribution in [0.5, 0.6) is 0 Å². The van der Waals surface area contributed by atoms with Crippen LogP contribution >= 0.6 is 11.6 Å². The molecule has 4 rings (SSSR count). The largest absolute Gasteiger partial charge is 0.0843 e. The van der Waals surface area contributed by atoms with Gasteiger partial charge in [-0.25, -0.2) is 0 Å². The number of hydrogen-bond acceptors (Lipinski definition) is 0. The van der Waals surface area contributed by atoms with Crippen LogP contribution < -0.4 is 0 Å². The molecule has 0 aromatic heterocycles. The van der Waals surface area contributed by atoms with Gasteiger partial charge in [0.25, 0.3) is 0 Å². The molecule has 1 fully saturated rings. The van der Waals surface area contributed by atoms with Crippen molar-refractivity contribution in [3.63, 3.8) is 0 Å². The molecular weight excluding hydrogens is 360 g/mol. The van der Waals surface area contributed by atoms with E-state index in [1.54, 1.807) is 0 Å². The van der Waals surface area contributed by atoms with Crippen LogP contribution in [0.1, 0.15) is 72.6 Å². The van der Waals surface area contributed by atoms with Gasteiger partial charge in [0, 0.05) is 5.02 Å². The molecule has 0 saturated heterocycles. The normalized spacial score (nSPS) is 20.6. The minimum absolute atomic E-state index is 0.557. The summed E-state index contributed by atoms with van der Waals surface area (Å²) in [6, 6.07) is 28.7. The zero-order valence-electron chi connectivity index (χ0n) is 16.7. The van der Waals surface area contributed by atoms with Crippen LogP contribution in [-0.2, 0) is 6.42 Å². The monoisotopic (exact) mass is 388 g/mol. The van der Waals surface area contributed by atoms with Gasteiger partial charge in [0.1, 0.15) is 0 Å². The lowest BCUT2D eigenvalue weighted by atomic mass is 9.76. The van der Waals surface area contributed by atoms with E-state index in [1.165, 1.54) is 47.9 Å². The summed E-state index contributed by atoms with van der Waals surface area (Å²) in [6.45, 7) is 2.32. The van der Waals surface area contributed by atoms with Crippen LogP contribution in [0.15, 0.2) is 78.9 Å². The second-order valence-electron chi connectivity index (χ2n) is 8.36. The number of halogens is 1. The third-order valence-corrected chi connectivity index (χ3v) is 6.68. The molecule has 3 aromatic carbocycles. The summed E-state index contributed by atoms with van der Waals surface area (Å²) in [7, 11) is 0. The quantitative estimate of drug-likeness (QED) is 0.413. The first-order valence-electron chi connectivity index (χ1n) is 10.6. The highest BCUT2D eigenvalue weighted by molar-refractivity contribution is 6.30. The summed E-state index contributed by atoms with van der Waals surface area (Å²) in [5, 5.41) is 0.833. The Hall–Kier alpha value is -2.05. The molecule has 1 aliphatic carbocycles. The summed E-state index contributed by atoms with van der Waals surface area (Å²) < 4.78 is 0. The SMILES string of the molecule is C[C@H](Cc1ccc(C2CCC(c3ccc(Cl)cc3)CC2)cc1)c1ccccc1. The van der Waals surface area contributed by atoms with Crippen LogP contribution in [0, 0.1) is 0 Å². The van der Waals surface area contributed by atoms with E-state index in [9.17, 15) is 0 Å². The molecule has 3 aromatic rings. The second-order valence-corrected chi connectivity index (χ2v) is 8.79. The van der Waals surface area contributed by atoms with Gasteiger partial charge in [0.05, 0.1) is 0 Å². The molecule has 0 unspecified atom stereocenters. The summed E-state index contributed by atoms with van der Waals surface area (Å²) in [4.78, 5) is 0. The fourth-order valence-electron chi connectivity index (χ4n) is 4.67. The highest BCUT2D eigenvalue weighted by Crippen LogP contribution is 2.40. The van der Waals surface area contributed by atoms with Gasteiger partial charge < -0.3 is 0 Å². The topological polar surface area (TPSA) is 0 Å². The van der Waals surface area contributed by atoms with Crippen LogP contribution in [0.4, 0.5) is 0 Å². The fourth-order valence-corrected chi connectivity index (χ4v) is 4.80. The Bertz CT molecular complexity index is 856. The molecule has 0 heterocycles. The van der Waals surface area contributed by atoms with Crippen molar-refractivity contribution in [1.82, 2.24) is 0 Å². The molecule has 0 aliphatic heterocycles. The molecule has 1 aliphatic rings. The van der Waals surface area contributed by atoms with Gasteiger partial charge in [-0.3, -0.25) is 0 Å². The van der Waals surface area contributed by atoms with E-state index in [0.717, 1.165) is 11.4 Å². The van der Waals surface area contributed by atoms with Gasteiger partial charge in [0.15, 0.2) is 0 Å². The van der Waals surface area contributed by atoms with E-state index < -0.39 is 0 Å². The zero-order valence-corrected chi connectivity index (χ0v) is 17.4. The van der Waals surface area contributed by atoms with Crippen LogP contribution in [0.2, 0.25) is 5.02 Å². The van der Waals surface area contributed by atoms with E-state index >= 15 is 0 Å². The van der Waals surface area contributed by atoms with Crippen LogP contribution in [0.25, 0.3) is 0 Å². The lowest BCUT2D eigenvalue weighted by Gasteiger charge is -2.29.